The minimum Gasteiger partial charge on any atom is -0.302 e. The molecule has 0 aliphatic carbocycles. The summed E-state index contributed by atoms with van der Waals surface area (Å²) in [5.41, 5.74) is 3.76. The number of carbonyl (C=O) groups is 1. The fourth-order valence-electron chi connectivity index (χ4n) is 3.10. The largest absolute Gasteiger partial charge is 0.302 e. The van der Waals surface area contributed by atoms with Crippen LogP contribution in [0, 0.1) is 0 Å². The number of hydrogen-bond acceptors (Lipinski definition) is 5. The van der Waals surface area contributed by atoms with Gasteiger partial charge in [-0.2, -0.15) is 5.10 Å². The van der Waals surface area contributed by atoms with E-state index in [9.17, 15) is 9.59 Å². The molecule has 0 saturated carbocycles. The molecule has 1 amide bonds. The lowest BCUT2D eigenvalue weighted by molar-refractivity contribution is -0.116. The van der Waals surface area contributed by atoms with Gasteiger partial charge in [0.15, 0.2) is 5.13 Å². The third-order valence-corrected chi connectivity index (χ3v) is 5.48. The van der Waals surface area contributed by atoms with E-state index < -0.39 is 0 Å². The van der Waals surface area contributed by atoms with Crippen molar-refractivity contribution >= 4 is 33.3 Å². The fraction of sp³-hybridized carbons (Fsp3) is 0.182. The van der Waals surface area contributed by atoms with Crippen LogP contribution < -0.4 is 10.7 Å². The van der Waals surface area contributed by atoms with Crippen molar-refractivity contribution < 1.29 is 4.79 Å². The Balaban J connectivity index is 1.41. The summed E-state index contributed by atoms with van der Waals surface area (Å²) in [4.78, 5) is 28.8. The van der Waals surface area contributed by atoms with Gasteiger partial charge in [-0.25, -0.2) is 4.98 Å². The predicted octanol–water partition coefficient (Wildman–Crippen LogP) is 4.11. The van der Waals surface area contributed by atoms with E-state index in [0.29, 0.717) is 17.1 Å². The number of amides is 1. The van der Waals surface area contributed by atoms with Gasteiger partial charge < -0.3 is 5.32 Å². The Kier molecular flexibility index (Phi) is 5.48. The monoisotopic (exact) mass is 404 g/mol. The van der Waals surface area contributed by atoms with Gasteiger partial charge in [-0.15, -0.1) is 11.3 Å². The van der Waals surface area contributed by atoms with E-state index in [-0.39, 0.29) is 17.8 Å². The summed E-state index contributed by atoms with van der Waals surface area (Å²) >= 11 is 1.40. The molecule has 2 heterocycles. The highest BCUT2D eigenvalue weighted by Gasteiger charge is 2.10. The van der Waals surface area contributed by atoms with Crippen molar-refractivity contribution in [2.45, 2.75) is 26.3 Å². The molecule has 146 valence electrons. The number of nitrogens with zero attached hydrogens (tertiary/aromatic N) is 3. The Labute approximate surface area is 171 Å². The zero-order valence-corrected chi connectivity index (χ0v) is 16.8. The van der Waals surface area contributed by atoms with Crippen LogP contribution in [0.2, 0.25) is 0 Å². The molecular formula is C22H20N4O2S. The summed E-state index contributed by atoms with van der Waals surface area (Å²) < 4.78 is 1.68. The van der Waals surface area contributed by atoms with Crippen LogP contribution in [0.1, 0.15) is 18.9 Å². The van der Waals surface area contributed by atoms with Crippen molar-refractivity contribution in [3.05, 3.63) is 75.9 Å². The van der Waals surface area contributed by atoms with Crippen LogP contribution in [0.15, 0.2) is 64.9 Å². The molecular weight excluding hydrogens is 384 g/mol. The van der Waals surface area contributed by atoms with Gasteiger partial charge in [0.2, 0.25) is 11.3 Å². The first-order valence-electron chi connectivity index (χ1n) is 9.43. The van der Waals surface area contributed by atoms with E-state index in [4.69, 9.17) is 0 Å². The highest BCUT2D eigenvalue weighted by Crippen LogP contribution is 2.25. The van der Waals surface area contributed by atoms with Gasteiger partial charge >= 0.3 is 0 Å². The molecule has 29 heavy (non-hydrogen) atoms. The van der Waals surface area contributed by atoms with Crippen molar-refractivity contribution in [1.29, 1.82) is 0 Å². The molecule has 1 N–H and O–H groups in total. The number of aromatic nitrogens is 3. The van der Waals surface area contributed by atoms with Gasteiger partial charge in [-0.05, 0) is 24.1 Å². The molecule has 2 aromatic carbocycles. The van der Waals surface area contributed by atoms with Gasteiger partial charge in [0.05, 0.1) is 24.0 Å². The van der Waals surface area contributed by atoms with Crippen LogP contribution in [-0.2, 0) is 17.8 Å². The molecule has 4 rings (SSSR count). The lowest BCUT2D eigenvalue weighted by Gasteiger charge is -2.08. The average molecular weight is 404 g/mol. The number of fused-ring (bicyclic) bond motifs is 1. The first-order valence-corrected chi connectivity index (χ1v) is 10.3. The van der Waals surface area contributed by atoms with Gasteiger partial charge in [-0.1, -0.05) is 43.3 Å². The number of carbonyl (C=O) groups excluding carboxylic acids is 1. The van der Waals surface area contributed by atoms with E-state index in [1.165, 1.54) is 23.1 Å². The highest BCUT2D eigenvalue weighted by molar-refractivity contribution is 7.14. The Hall–Kier alpha value is -3.32. The summed E-state index contributed by atoms with van der Waals surface area (Å²) in [6.45, 7) is 2.50. The Morgan fingerprint density at radius 1 is 1.14 bits per heavy atom. The number of thiazole rings is 1. The minimum atomic E-state index is -0.142. The molecule has 0 bridgehead atoms. The molecule has 4 aromatic rings. The first kappa shape index (κ1) is 19.0. The van der Waals surface area contributed by atoms with Crippen molar-refractivity contribution in [3.63, 3.8) is 0 Å². The summed E-state index contributed by atoms with van der Waals surface area (Å²) in [5, 5.41) is 10.1. The van der Waals surface area contributed by atoms with Crippen LogP contribution >= 0.6 is 11.3 Å². The fourth-order valence-corrected chi connectivity index (χ4v) is 3.84. The van der Waals surface area contributed by atoms with Crippen molar-refractivity contribution in [2.75, 3.05) is 5.32 Å². The van der Waals surface area contributed by atoms with Gasteiger partial charge in [0, 0.05) is 22.8 Å². The van der Waals surface area contributed by atoms with Gasteiger partial charge in [-0.3, -0.25) is 14.3 Å². The van der Waals surface area contributed by atoms with Crippen molar-refractivity contribution in [3.8, 4) is 11.3 Å². The number of rotatable bonds is 6. The summed E-state index contributed by atoms with van der Waals surface area (Å²) in [5.74, 6) is -0.142. The number of hydrogen-bond donors (Lipinski definition) is 1. The van der Waals surface area contributed by atoms with Crippen LogP contribution in [-0.4, -0.2) is 20.7 Å². The topological polar surface area (TPSA) is 76.9 Å². The highest BCUT2D eigenvalue weighted by atomic mass is 32.1. The van der Waals surface area contributed by atoms with E-state index >= 15 is 0 Å². The smallest absolute Gasteiger partial charge is 0.228 e. The normalized spacial score (nSPS) is 10.9. The third kappa shape index (κ3) is 4.25. The summed E-state index contributed by atoms with van der Waals surface area (Å²) in [6, 6.07) is 15.5. The second kappa shape index (κ2) is 8.36. The maximum Gasteiger partial charge on any atom is 0.228 e. The Morgan fingerprint density at radius 3 is 2.72 bits per heavy atom. The maximum atomic E-state index is 12.4. The SMILES string of the molecule is CCc1ccc(-c2csc(NC(=O)CCn3ncc(=O)c4ccccc43)n2)cc1. The predicted molar refractivity (Wildman–Crippen MR) is 116 cm³/mol. The number of benzene rings is 2. The van der Waals surface area contributed by atoms with E-state index in [0.717, 1.165) is 23.2 Å². The zero-order chi connectivity index (χ0) is 20.2. The van der Waals surface area contributed by atoms with E-state index in [1.54, 1.807) is 10.7 Å². The zero-order valence-electron chi connectivity index (χ0n) is 16.0. The van der Waals surface area contributed by atoms with E-state index in [1.807, 2.05) is 35.7 Å². The van der Waals surface area contributed by atoms with E-state index in [2.05, 4.69) is 34.5 Å². The van der Waals surface area contributed by atoms with Crippen LogP contribution in [0.4, 0.5) is 5.13 Å². The molecule has 0 atom stereocenters. The van der Waals surface area contributed by atoms with Crippen LogP contribution in [0.3, 0.4) is 0 Å². The molecule has 2 aromatic heterocycles. The lowest BCUT2D eigenvalue weighted by atomic mass is 10.1. The second-order valence-corrected chi connectivity index (χ2v) is 7.49. The average Bonchev–Trinajstić information content (AvgIpc) is 3.22. The van der Waals surface area contributed by atoms with Crippen LogP contribution in [0.25, 0.3) is 22.2 Å². The molecule has 0 aliphatic rings. The lowest BCUT2D eigenvalue weighted by Crippen LogP contribution is -2.17. The second-order valence-electron chi connectivity index (χ2n) is 6.64. The summed E-state index contributed by atoms with van der Waals surface area (Å²) in [6.07, 6.45) is 2.52. The number of aryl methyl sites for hydroxylation is 2. The number of para-hydroxylation sites is 1. The Bertz CT molecular complexity index is 1210. The first-order chi connectivity index (χ1) is 14.1. The third-order valence-electron chi connectivity index (χ3n) is 4.72. The van der Waals surface area contributed by atoms with Crippen molar-refractivity contribution in [2.24, 2.45) is 0 Å². The minimum absolute atomic E-state index is 0.122. The quantitative estimate of drug-likeness (QED) is 0.525. The van der Waals surface area contributed by atoms with Gasteiger partial charge in [0.25, 0.3) is 0 Å². The van der Waals surface area contributed by atoms with Gasteiger partial charge in [0.1, 0.15) is 0 Å². The number of anilines is 1. The Morgan fingerprint density at radius 2 is 1.93 bits per heavy atom. The van der Waals surface area contributed by atoms with Crippen LogP contribution in [0.5, 0.6) is 0 Å². The maximum absolute atomic E-state index is 12.4. The number of nitrogens with one attached hydrogen (secondary N) is 1. The van der Waals surface area contributed by atoms with Crippen molar-refractivity contribution in [1.82, 2.24) is 14.8 Å². The molecule has 0 spiro atoms. The molecule has 7 heteroatoms. The molecule has 0 saturated heterocycles. The molecule has 6 nitrogen and oxygen atoms in total. The molecule has 0 unspecified atom stereocenters. The molecule has 0 fully saturated rings. The molecule has 0 radical (unpaired) electrons. The molecule has 0 aliphatic heterocycles. The standard InChI is InChI=1S/C22H20N4O2S/c1-2-15-7-9-16(10-8-15)18-14-29-22(24-18)25-21(28)11-12-26-19-6-4-3-5-17(19)20(27)13-23-26/h3-10,13-14H,2,11-12H2,1H3,(H,24,25,28). The summed E-state index contributed by atoms with van der Waals surface area (Å²) in [7, 11) is 0.